The topological polar surface area (TPSA) is 49.4 Å². The molecule has 0 radical (unpaired) electrons. The van der Waals surface area contributed by atoms with Crippen molar-refractivity contribution >= 4 is 46.6 Å². The van der Waals surface area contributed by atoms with E-state index in [2.05, 4.69) is 5.32 Å². The minimum Gasteiger partial charge on any atom is -0.352 e. The van der Waals surface area contributed by atoms with Crippen LogP contribution >= 0.6 is 34.8 Å². The van der Waals surface area contributed by atoms with Crippen LogP contribution in [0, 0.1) is 0 Å². The number of halogens is 3. The summed E-state index contributed by atoms with van der Waals surface area (Å²) in [6.07, 6.45) is 6.07. The fourth-order valence-electron chi connectivity index (χ4n) is 4.20. The van der Waals surface area contributed by atoms with Crippen molar-refractivity contribution in [2.24, 2.45) is 0 Å². The summed E-state index contributed by atoms with van der Waals surface area (Å²) in [6, 6.07) is 12.0. The van der Waals surface area contributed by atoms with Gasteiger partial charge in [-0.25, -0.2) is 0 Å². The van der Waals surface area contributed by atoms with Crippen molar-refractivity contribution in [2.75, 3.05) is 0 Å². The molecule has 172 valence electrons. The number of nitrogens with zero attached hydrogens (tertiary/aromatic N) is 1. The molecular weight excluding hydrogens is 467 g/mol. The third-order valence-corrected chi connectivity index (χ3v) is 6.96. The fourth-order valence-corrected chi connectivity index (χ4v) is 4.84. The van der Waals surface area contributed by atoms with Gasteiger partial charge in [-0.3, -0.25) is 9.59 Å². The Balaban J connectivity index is 1.85. The van der Waals surface area contributed by atoms with E-state index in [0.29, 0.717) is 27.1 Å². The molecule has 3 rings (SSSR count). The lowest BCUT2D eigenvalue weighted by Gasteiger charge is -2.33. The molecule has 2 aromatic rings. The van der Waals surface area contributed by atoms with E-state index in [-0.39, 0.29) is 30.8 Å². The highest BCUT2D eigenvalue weighted by atomic mass is 35.5. The van der Waals surface area contributed by atoms with Gasteiger partial charge in [0.2, 0.25) is 11.8 Å². The van der Waals surface area contributed by atoms with E-state index in [1.165, 1.54) is 6.42 Å². The number of carbonyl (C=O) groups is 2. The predicted molar refractivity (Wildman–Crippen MR) is 131 cm³/mol. The van der Waals surface area contributed by atoms with Crippen LogP contribution in [0.1, 0.15) is 56.6 Å². The first kappa shape index (κ1) is 24.9. The van der Waals surface area contributed by atoms with Gasteiger partial charge in [-0.15, -0.1) is 0 Å². The lowest BCUT2D eigenvalue weighted by molar-refractivity contribution is -0.141. The van der Waals surface area contributed by atoms with Gasteiger partial charge in [-0.1, -0.05) is 79.2 Å². The Hall–Kier alpha value is -1.75. The number of nitrogens with one attached hydrogen (secondary N) is 1. The first-order valence-corrected chi connectivity index (χ1v) is 12.3. The molecule has 7 heteroatoms. The maximum Gasteiger partial charge on any atom is 0.243 e. The number of carbonyl (C=O) groups excluding carboxylic acids is 2. The van der Waals surface area contributed by atoms with Gasteiger partial charge in [0.1, 0.15) is 6.04 Å². The molecular formula is C25H29Cl3N2O2. The van der Waals surface area contributed by atoms with Crippen molar-refractivity contribution in [1.29, 1.82) is 0 Å². The van der Waals surface area contributed by atoms with E-state index in [1.54, 1.807) is 35.2 Å². The molecule has 0 heterocycles. The fraction of sp³-hybridized carbons (Fsp3) is 0.440. The molecule has 0 saturated heterocycles. The van der Waals surface area contributed by atoms with E-state index < -0.39 is 6.04 Å². The molecule has 0 bridgehead atoms. The number of hydrogen-bond acceptors (Lipinski definition) is 2. The van der Waals surface area contributed by atoms with Gasteiger partial charge in [0.15, 0.2) is 0 Å². The zero-order valence-electron chi connectivity index (χ0n) is 18.3. The minimum absolute atomic E-state index is 0.118. The van der Waals surface area contributed by atoms with E-state index >= 15 is 0 Å². The molecule has 0 aliphatic heterocycles. The van der Waals surface area contributed by atoms with Crippen molar-refractivity contribution in [3.8, 4) is 0 Å². The average molecular weight is 496 g/mol. The maximum atomic E-state index is 13.4. The van der Waals surface area contributed by atoms with Crippen LogP contribution in [0.3, 0.4) is 0 Å². The minimum atomic E-state index is -0.607. The second-order valence-corrected chi connectivity index (χ2v) is 9.54. The summed E-state index contributed by atoms with van der Waals surface area (Å²) in [6.45, 7) is 2.09. The van der Waals surface area contributed by atoms with Crippen LogP contribution < -0.4 is 5.32 Å². The normalized spacial score (nSPS) is 15.2. The molecule has 0 aromatic heterocycles. The monoisotopic (exact) mass is 494 g/mol. The van der Waals surface area contributed by atoms with Gasteiger partial charge in [-0.05, 0) is 49.1 Å². The molecule has 1 N–H and O–H groups in total. The second-order valence-electron chi connectivity index (χ2n) is 8.29. The van der Waals surface area contributed by atoms with Gasteiger partial charge in [0.05, 0.1) is 6.42 Å². The highest BCUT2D eigenvalue weighted by Gasteiger charge is 2.31. The van der Waals surface area contributed by atoms with Crippen molar-refractivity contribution in [1.82, 2.24) is 10.2 Å². The number of benzene rings is 2. The molecule has 0 spiro atoms. The molecule has 1 aliphatic rings. The summed E-state index contributed by atoms with van der Waals surface area (Å²) in [5, 5.41) is 4.74. The Morgan fingerprint density at radius 1 is 1.00 bits per heavy atom. The van der Waals surface area contributed by atoms with Crippen molar-refractivity contribution in [2.45, 2.75) is 70.5 Å². The van der Waals surface area contributed by atoms with Crippen molar-refractivity contribution < 1.29 is 9.59 Å². The summed E-state index contributed by atoms with van der Waals surface area (Å²) in [5.41, 5.74) is 1.47. The number of rotatable bonds is 8. The molecule has 1 fully saturated rings. The average Bonchev–Trinajstić information content (AvgIpc) is 2.77. The first-order chi connectivity index (χ1) is 15.4. The summed E-state index contributed by atoms with van der Waals surface area (Å²) < 4.78 is 0. The molecule has 2 amide bonds. The van der Waals surface area contributed by atoms with E-state index in [4.69, 9.17) is 34.8 Å². The molecule has 1 saturated carbocycles. The van der Waals surface area contributed by atoms with Crippen LogP contribution in [-0.4, -0.2) is 28.8 Å². The molecule has 4 nitrogen and oxygen atoms in total. The highest BCUT2D eigenvalue weighted by molar-refractivity contribution is 6.36. The van der Waals surface area contributed by atoms with Gasteiger partial charge in [0.25, 0.3) is 0 Å². The van der Waals surface area contributed by atoms with Crippen LogP contribution in [0.4, 0.5) is 0 Å². The van der Waals surface area contributed by atoms with Gasteiger partial charge < -0.3 is 10.2 Å². The van der Waals surface area contributed by atoms with Crippen LogP contribution in [0.5, 0.6) is 0 Å². The maximum absolute atomic E-state index is 13.4. The molecule has 1 atom stereocenters. The Bertz CT molecular complexity index is 907. The lowest BCUT2D eigenvalue weighted by Crippen LogP contribution is -2.52. The van der Waals surface area contributed by atoms with Crippen LogP contribution in [0.2, 0.25) is 15.1 Å². The standard InChI is InChI=1S/C25H29Cl3N2O2/c1-2-23(25(32)29-19-7-4-3-5-8-19)30(16-20-21(27)9-6-10-22(20)28)24(31)15-17-11-13-18(26)14-12-17/h6,9-14,19,23H,2-5,7-8,15-16H2,1H3,(H,29,32). The SMILES string of the molecule is CCC(C(=O)NC1CCCCC1)N(Cc1c(Cl)cccc1Cl)C(=O)Cc1ccc(Cl)cc1. The number of amides is 2. The summed E-state index contributed by atoms with van der Waals surface area (Å²) in [5.74, 6) is -0.277. The Morgan fingerprint density at radius 2 is 1.62 bits per heavy atom. The number of hydrogen-bond donors (Lipinski definition) is 1. The van der Waals surface area contributed by atoms with Crippen molar-refractivity contribution in [3.63, 3.8) is 0 Å². The highest BCUT2D eigenvalue weighted by Crippen LogP contribution is 2.28. The Morgan fingerprint density at radius 3 is 2.22 bits per heavy atom. The zero-order valence-corrected chi connectivity index (χ0v) is 20.5. The van der Waals surface area contributed by atoms with E-state index in [0.717, 1.165) is 31.2 Å². The smallest absolute Gasteiger partial charge is 0.243 e. The van der Waals surface area contributed by atoms with Gasteiger partial charge in [0, 0.05) is 33.2 Å². The van der Waals surface area contributed by atoms with Crippen LogP contribution in [0.15, 0.2) is 42.5 Å². The molecule has 32 heavy (non-hydrogen) atoms. The van der Waals surface area contributed by atoms with Gasteiger partial charge >= 0.3 is 0 Å². The van der Waals surface area contributed by atoms with E-state index in [9.17, 15) is 9.59 Å². The Kier molecular flexibility index (Phi) is 9.27. The second kappa shape index (κ2) is 11.9. The predicted octanol–water partition coefficient (Wildman–Crippen LogP) is 6.45. The summed E-state index contributed by atoms with van der Waals surface area (Å²) in [7, 11) is 0. The summed E-state index contributed by atoms with van der Waals surface area (Å²) in [4.78, 5) is 28.3. The zero-order chi connectivity index (χ0) is 23.1. The van der Waals surface area contributed by atoms with Crippen molar-refractivity contribution in [3.05, 3.63) is 68.7 Å². The van der Waals surface area contributed by atoms with Crippen LogP contribution in [-0.2, 0) is 22.6 Å². The largest absolute Gasteiger partial charge is 0.352 e. The molecule has 1 unspecified atom stereocenters. The van der Waals surface area contributed by atoms with Gasteiger partial charge in [-0.2, -0.15) is 0 Å². The third-order valence-electron chi connectivity index (χ3n) is 6.00. The molecule has 2 aromatic carbocycles. The Labute approximate surface area is 205 Å². The first-order valence-electron chi connectivity index (χ1n) is 11.2. The lowest BCUT2D eigenvalue weighted by atomic mass is 9.95. The van der Waals surface area contributed by atoms with E-state index in [1.807, 2.05) is 19.1 Å². The molecule has 1 aliphatic carbocycles. The summed E-state index contributed by atoms with van der Waals surface area (Å²) >= 11 is 18.8. The third kappa shape index (κ3) is 6.63. The van der Waals surface area contributed by atoms with Crippen LogP contribution in [0.25, 0.3) is 0 Å². The quantitative estimate of drug-likeness (QED) is 0.458.